The summed E-state index contributed by atoms with van der Waals surface area (Å²) in [6, 6.07) is -1.22. The van der Waals surface area contributed by atoms with Gasteiger partial charge in [0.05, 0.1) is 6.10 Å². The molecule has 0 saturated carbocycles. The molecule has 11 heavy (non-hydrogen) atoms. The number of aliphatic hydroxyl groups is 1. The van der Waals surface area contributed by atoms with Crippen molar-refractivity contribution in [3.8, 4) is 0 Å². The van der Waals surface area contributed by atoms with E-state index in [4.69, 9.17) is 10.2 Å². The second-order valence-electron chi connectivity index (χ2n) is 2.26. The van der Waals surface area contributed by atoms with E-state index >= 15 is 0 Å². The topological polar surface area (TPSA) is 86.6 Å². The summed E-state index contributed by atoms with van der Waals surface area (Å²) in [6.45, 7) is 2.49. The van der Waals surface area contributed by atoms with Gasteiger partial charge in [-0.25, -0.2) is 4.79 Å². The average molecular weight is 161 g/mol. The fourth-order valence-corrected chi connectivity index (χ4v) is 0.608. The molecule has 0 rings (SSSR count). The summed E-state index contributed by atoms with van der Waals surface area (Å²) >= 11 is 0. The Hall–Kier alpha value is -1.10. The Morgan fingerprint density at radius 2 is 1.91 bits per heavy atom. The van der Waals surface area contributed by atoms with Crippen LogP contribution in [0.25, 0.3) is 0 Å². The van der Waals surface area contributed by atoms with Crippen LogP contribution >= 0.6 is 0 Å². The van der Waals surface area contributed by atoms with E-state index in [9.17, 15) is 9.59 Å². The van der Waals surface area contributed by atoms with Crippen molar-refractivity contribution in [1.82, 2.24) is 5.32 Å². The van der Waals surface area contributed by atoms with Gasteiger partial charge in [-0.15, -0.1) is 0 Å². The first kappa shape index (κ1) is 9.90. The highest BCUT2D eigenvalue weighted by Gasteiger charge is 2.23. The summed E-state index contributed by atoms with van der Waals surface area (Å²) in [6.07, 6.45) is -1.09. The zero-order valence-corrected chi connectivity index (χ0v) is 6.37. The van der Waals surface area contributed by atoms with Crippen LogP contribution in [0, 0.1) is 0 Å². The van der Waals surface area contributed by atoms with Crippen molar-refractivity contribution in [2.45, 2.75) is 26.0 Å². The van der Waals surface area contributed by atoms with Gasteiger partial charge in [0, 0.05) is 6.92 Å². The first-order valence-electron chi connectivity index (χ1n) is 3.13. The predicted octanol–water partition coefficient (Wildman–Crippen LogP) is -1.04. The number of hydrogen-bond acceptors (Lipinski definition) is 3. The van der Waals surface area contributed by atoms with Crippen LogP contribution in [-0.4, -0.2) is 34.2 Å². The maximum atomic E-state index is 10.4. The highest BCUT2D eigenvalue weighted by molar-refractivity contribution is 5.82. The van der Waals surface area contributed by atoms with Gasteiger partial charge in [0.25, 0.3) is 0 Å². The van der Waals surface area contributed by atoms with E-state index < -0.39 is 24.0 Å². The van der Waals surface area contributed by atoms with E-state index in [2.05, 4.69) is 5.32 Å². The Kier molecular flexibility index (Phi) is 3.53. The van der Waals surface area contributed by atoms with E-state index in [1.54, 1.807) is 0 Å². The van der Waals surface area contributed by atoms with Gasteiger partial charge in [-0.3, -0.25) is 4.79 Å². The molecule has 3 N–H and O–H groups in total. The lowest BCUT2D eigenvalue weighted by Crippen LogP contribution is -2.46. The smallest absolute Gasteiger partial charge is 0.328 e. The molecule has 0 aliphatic carbocycles. The van der Waals surface area contributed by atoms with Crippen LogP contribution in [0.3, 0.4) is 0 Å². The number of hydrogen-bond donors (Lipinski definition) is 3. The first-order chi connectivity index (χ1) is 4.95. The molecular weight excluding hydrogens is 150 g/mol. The fourth-order valence-electron chi connectivity index (χ4n) is 0.608. The Morgan fingerprint density at radius 3 is 2.00 bits per heavy atom. The number of carboxylic acids is 1. The number of carboxylic acid groups (broad SMARTS) is 1. The SMILES string of the molecule is CC(=O)NC(C(=O)O)[C@@H](C)O. The number of aliphatic carboxylic acids is 1. The van der Waals surface area contributed by atoms with Gasteiger partial charge in [-0.05, 0) is 6.92 Å². The van der Waals surface area contributed by atoms with Crippen LogP contribution in [0.2, 0.25) is 0 Å². The van der Waals surface area contributed by atoms with Crippen LogP contribution in [0.5, 0.6) is 0 Å². The van der Waals surface area contributed by atoms with Crippen LogP contribution in [0.4, 0.5) is 0 Å². The number of rotatable bonds is 3. The maximum absolute atomic E-state index is 10.4. The molecule has 0 heterocycles. The van der Waals surface area contributed by atoms with E-state index in [0.29, 0.717) is 0 Å². The maximum Gasteiger partial charge on any atom is 0.328 e. The lowest BCUT2D eigenvalue weighted by Gasteiger charge is -2.15. The molecule has 1 amide bonds. The molecule has 0 aromatic rings. The molecule has 2 atom stereocenters. The fraction of sp³-hybridized carbons (Fsp3) is 0.667. The number of amides is 1. The minimum absolute atomic E-state index is 0.474. The molecule has 0 aromatic heterocycles. The first-order valence-corrected chi connectivity index (χ1v) is 3.13. The lowest BCUT2D eigenvalue weighted by molar-refractivity contribution is -0.144. The normalized spacial score (nSPS) is 15.2. The molecule has 0 aromatic carbocycles. The predicted molar refractivity (Wildman–Crippen MR) is 36.9 cm³/mol. The third kappa shape index (κ3) is 3.57. The van der Waals surface area contributed by atoms with E-state index in [0.717, 1.165) is 0 Å². The summed E-state index contributed by atoms with van der Waals surface area (Å²) in [5, 5.41) is 19.3. The number of carbonyl (C=O) groups is 2. The van der Waals surface area contributed by atoms with E-state index in [1.807, 2.05) is 0 Å². The van der Waals surface area contributed by atoms with Gasteiger partial charge in [-0.1, -0.05) is 0 Å². The standard InChI is InChI=1S/C6H11NO4/c1-3(8)5(6(10)11)7-4(2)9/h3,5,8H,1-2H3,(H,7,9)(H,10,11)/t3-,5?/m1/s1. The summed E-state index contributed by atoms with van der Waals surface area (Å²) in [4.78, 5) is 20.7. The molecule has 0 fully saturated rings. The van der Waals surface area contributed by atoms with Crippen molar-refractivity contribution in [2.24, 2.45) is 0 Å². The molecule has 0 radical (unpaired) electrons. The van der Waals surface area contributed by atoms with Crippen molar-refractivity contribution < 1.29 is 19.8 Å². The molecule has 0 bridgehead atoms. The molecule has 5 heteroatoms. The summed E-state index contributed by atoms with van der Waals surface area (Å²) in [5.41, 5.74) is 0. The third-order valence-electron chi connectivity index (χ3n) is 1.11. The van der Waals surface area contributed by atoms with E-state index in [1.165, 1.54) is 13.8 Å². The Morgan fingerprint density at radius 1 is 1.45 bits per heavy atom. The van der Waals surface area contributed by atoms with Crippen molar-refractivity contribution in [3.05, 3.63) is 0 Å². The van der Waals surface area contributed by atoms with Gasteiger partial charge >= 0.3 is 5.97 Å². The Balaban J connectivity index is 4.12. The second kappa shape index (κ2) is 3.92. The lowest BCUT2D eigenvalue weighted by atomic mass is 10.2. The highest BCUT2D eigenvalue weighted by Crippen LogP contribution is 1.91. The average Bonchev–Trinajstić information content (AvgIpc) is 1.81. The Labute approximate surface area is 64.0 Å². The summed E-state index contributed by atoms with van der Waals surface area (Å²) in [5.74, 6) is -1.71. The number of aliphatic hydroxyl groups excluding tert-OH is 1. The molecule has 0 aliphatic rings. The molecule has 5 nitrogen and oxygen atoms in total. The van der Waals surface area contributed by atoms with Crippen LogP contribution in [0.1, 0.15) is 13.8 Å². The quantitative estimate of drug-likeness (QED) is 0.493. The molecule has 0 aliphatic heterocycles. The molecule has 1 unspecified atom stereocenters. The number of carbonyl (C=O) groups excluding carboxylic acids is 1. The van der Waals surface area contributed by atoms with Gasteiger partial charge in [0.1, 0.15) is 0 Å². The zero-order valence-electron chi connectivity index (χ0n) is 6.37. The largest absolute Gasteiger partial charge is 0.480 e. The molecular formula is C6H11NO4. The van der Waals surface area contributed by atoms with Gasteiger partial charge < -0.3 is 15.5 Å². The minimum atomic E-state index is -1.24. The van der Waals surface area contributed by atoms with E-state index in [-0.39, 0.29) is 0 Å². The highest BCUT2D eigenvalue weighted by atomic mass is 16.4. The monoisotopic (exact) mass is 161 g/mol. The van der Waals surface area contributed by atoms with Crippen LogP contribution < -0.4 is 5.32 Å². The van der Waals surface area contributed by atoms with Gasteiger partial charge in [0.15, 0.2) is 6.04 Å². The minimum Gasteiger partial charge on any atom is -0.480 e. The van der Waals surface area contributed by atoms with Crippen LogP contribution in [0.15, 0.2) is 0 Å². The zero-order chi connectivity index (χ0) is 9.02. The van der Waals surface area contributed by atoms with Crippen LogP contribution in [-0.2, 0) is 9.59 Å². The summed E-state index contributed by atoms with van der Waals surface area (Å²) < 4.78 is 0. The van der Waals surface area contributed by atoms with Gasteiger partial charge in [-0.2, -0.15) is 0 Å². The third-order valence-corrected chi connectivity index (χ3v) is 1.11. The van der Waals surface area contributed by atoms with Crippen molar-refractivity contribution in [1.29, 1.82) is 0 Å². The molecule has 0 saturated heterocycles. The molecule has 0 spiro atoms. The second-order valence-corrected chi connectivity index (χ2v) is 2.26. The van der Waals surface area contributed by atoms with Crippen molar-refractivity contribution in [3.63, 3.8) is 0 Å². The summed E-state index contributed by atoms with van der Waals surface area (Å²) in [7, 11) is 0. The van der Waals surface area contributed by atoms with Crippen molar-refractivity contribution >= 4 is 11.9 Å². The molecule has 64 valence electrons. The van der Waals surface area contributed by atoms with Gasteiger partial charge in [0.2, 0.25) is 5.91 Å². The van der Waals surface area contributed by atoms with Crippen molar-refractivity contribution in [2.75, 3.05) is 0 Å². The number of nitrogens with one attached hydrogen (secondary N) is 1. The Bertz CT molecular complexity index is 166.